The van der Waals surface area contributed by atoms with Gasteiger partial charge in [-0.05, 0) is 31.6 Å². The highest BCUT2D eigenvalue weighted by molar-refractivity contribution is 5.72. The summed E-state index contributed by atoms with van der Waals surface area (Å²) in [6.45, 7) is 10.8. The van der Waals surface area contributed by atoms with E-state index in [9.17, 15) is 4.79 Å². The molecule has 2 atom stereocenters. The molecule has 1 aliphatic heterocycles. The van der Waals surface area contributed by atoms with Gasteiger partial charge in [-0.1, -0.05) is 27.7 Å². The van der Waals surface area contributed by atoms with E-state index in [1.54, 1.807) is 0 Å². The highest BCUT2D eigenvalue weighted by atomic mass is 16.5. The number of carbonyl (C=O) groups is 1. The van der Waals surface area contributed by atoms with Crippen molar-refractivity contribution in [3.63, 3.8) is 0 Å². The summed E-state index contributed by atoms with van der Waals surface area (Å²) in [4.78, 5) is 13.4. The number of hydrogen-bond acceptors (Lipinski definition) is 3. The van der Waals surface area contributed by atoms with E-state index in [4.69, 9.17) is 9.84 Å². The summed E-state index contributed by atoms with van der Waals surface area (Å²) in [5, 5.41) is 8.97. The lowest BCUT2D eigenvalue weighted by atomic mass is 10.1. The van der Waals surface area contributed by atoms with E-state index in [0.29, 0.717) is 18.4 Å². The molecule has 0 aliphatic carbocycles. The van der Waals surface area contributed by atoms with Gasteiger partial charge < -0.3 is 9.84 Å². The third-order valence-electron chi connectivity index (χ3n) is 3.88. The summed E-state index contributed by atoms with van der Waals surface area (Å²) < 4.78 is 5.63. The summed E-state index contributed by atoms with van der Waals surface area (Å²) in [5.74, 6) is -0.197. The standard InChI is InChI=1S/C15H29NO3/c1-5-12(6-2)16(9-11(3)4)10-13-7-8-14(19-13)15(17)18/h11-14H,5-10H2,1-4H3,(H,17,18). The van der Waals surface area contributed by atoms with E-state index in [1.807, 2.05) is 0 Å². The van der Waals surface area contributed by atoms with Crippen molar-refractivity contribution in [2.24, 2.45) is 5.92 Å². The third-order valence-corrected chi connectivity index (χ3v) is 3.88. The smallest absolute Gasteiger partial charge is 0.332 e. The fourth-order valence-electron chi connectivity index (χ4n) is 2.93. The molecule has 0 aromatic carbocycles. The van der Waals surface area contributed by atoms with E-state index in [0.717, 1.165) is 32.4 Å². The van der Waals surface area contributed by atoms with Crippen LogP contribution in [-0.2, 0) is 9.53 Å². The molecule has 2 unspecified atom stereocenters. The van der Waals surface area contributed by atoms with Gasteiger partial charge in [0.05, 0.1) is 6.10 Å². The maximum absolute atomic E-state index is 10.9. The fraction of sp³-hybridized carbons (Fsp3) is 0.933. The van der Waals surface area contributed by atoms with Crippen LogP contribution in [0.15, 0.2) is 0 Å². The highest BCUT2D eigenvalue weighted by Crippen LogP contribution is 2.23. The van der Waals surface area contributed by atoms with Crippen molar-refractivity contribution in [2.45, 2.75) is 71.6 Å². The first-order valence-corrected chi connectivity index (χ1v) is 7.60. The molecule has 0 spiro atoms. The van der Waals surface area contributed by atoms with Crippen LogP contribution in [0, 0.1) is 5.92 Å². The maximum atomic E-state index is 10.9. The number of ether oxygens (including phenoxy) is 1. The van der Waals surface area contributed by atoms with E-state index < -0.39 is 12.1 Å². The van der Waals surface area contributed by atoms with E-state index in [1.165, 1.54) is 0 Å². The molecule has 19 heavy (non-hydrogen) atoms. The van der Waals surface area contributed by atoms with E-state index in [2.05, 4.69) is 32.6 Å². The fourth-order valence-corrected chi connectivity index (χ4v) is 2.93. The van der Waals surface area contributed by atoms with Crippen LogP contribution in [0.1, 0.15) is 53.4 Å². The maximum Gasteiger partial charge on any atom is 0.332 e. The monoisotopic (exact) mass is 271 g/mol. The zero-order valence-corrected chi connectivity index (χ0v) is 12.8. The van der Waals surface area contributed by atoms with Crippen LogP contribution in [-0.4, -0.2) is 47.3 Å². The van der Waals surface area contributed by atoms with Gasteiger partial charge in [0.25, 0.3) is 0 Å². The number of rotatable bonds is 8. The van der Waals surface area contributed by atoms with Crippen LogP contribution in [0.3, 0.4) is 0 Å². The van der Waals surface area contributed by atoms with Crippen molar-refractivity contribution < 1.29 is 14.6 Å². The van der Waals surface area contributed by atoms with Crippen LogP contribution in [0.4, 0.5) is 0 Å². The third kappa shape index (κ3) is 5.11. The second-order valence-electron chi connectivity index (χ2n) is 5.98. The van der Waals surface area contributed by atoms with Gasteiger partial charge >= 0.3 is 5.97 Å². The van der Waals surface area contributed by atoms with Gasteiger partial charge in [0.1, 0.15) is 0 Å². The Morgan fingerprint density at radius 3 is 2.37 bits per heavy atom. The normalized spacial score (nSPS) is 23.7. The van der Waals surface area contributed by atoms with Crippen molar-refractivity contribution in [2.75, 3.05) is 13.1 Å². The van der Waals surface area contributed by atoms with Gasteiger partial charge in [0.2, 0.25) is 0 Å². The molecular weight excluding hydrogens is 242 g/mol. The molecule has 0 aromatic rings. The average molecular weight is 271 g/mol. The van der Waals surface area contributed by atoms with Crippen LogP contribution in [0.2, 0.25) is 0 Å². The second kappa shape index (κ2) is 7.85. The van der Waals surface area contributed by atoms with Crippen molar-refractivity contribution in [1.29, 1.82) is 0 Å². The second-order valence-corrected chi connectivity index (χ2v) is 5.98. The van der Waals surface area contributed by atoms with Crippen molar-refractivity contribution in [3.05, 3.63) is 0 Å². The van der Waals surface area contributed by atoms with Crippen LogP contribution in [0.5, 0.6) is 0 Å². The van der Waals surface area contributed by atoms with Crippen LogP contribution in [0.25, 0.3) is 0 Å². The Bertz CT molecular complexity index is 277. The summed E-state index contributed by atoms with van der Waals surface area (Å²) >= 11 is 0. The van der Waals surface area contributed by atoms with E-state index >= 15 is 0 Å². The molecule has 1 heterocycles. The Kier molecular flexibility index (Phi) is 6.80. The van der Waals surface area contributed by atoms with Gasteiger partial charge in [-0.25, -0.2) is 4.79 Å². The molecule has 4 nitrogen and oxygen atoms in total. The molecule has 0 aromatic heterocycles. The van der Waals surface area contributed by atoms with Gasteiger partial charge in [-0.15, -0.1) is 0 Å². The molecule has 0 amide bonds. The van der Waals surface area contributed by atoms with Gasteiger partial charge in [-0.3, -0.25) is 4.90 Å². The first-order chi connectivity index (χ1) is 8.97. The van der Waals surface area contributed by atoms with Crippen molar-refractivity contribution in [3.8, 4) is 0 Å². The SMILES string of the molecule is CCC(CC)N(CC(C)C)CC1CCC(C(=O)O)O1. The Balaban J connectivity index is 2.55. The van der Waals surface area contributed by atoms with Crippen LogP contribution >= 0.6 is 0 Å². The lowest BCUT2D eigenvalue weighted by molar-refractivity contribution is -0.149. The molecular formula is C15H29NO3. The van der Waals surface area contributed by atoms with E-state index in [-0.39, 0.29) is 6.10 Å². The number of hydrogen-bond donors (Lipinski definition) is 1. The van der Waals surface area contributed by atoms with Gasteiger partial charge in [0, 0.05) is 19.1 Å². The van der Waals surface area contributed by atoms with Crippen LogP contribution < -0.4 is 0 Å². The summed E-state index contributed by atoms with van der Waals surface area (Å²) in [5.41, 5.74) is 0. The zero-order valence-electron chi connectivity index (χ0n) is 12.8. The number of carboxylic acid groups (broad SMARTS) is 1. The Morgan fingerprint density at radius 2 is 1.95 bits per heavy atom. The lowest BCUT2D eigenvalue weighted by Crippen LogP contribution is -2.42. The molecule has 0 saturated carbocycles. The summed E-state index contributed by atoms with van der Waals surface area (Å²) in [6, 6.07) is 0.579. The first-order valence-electron chi connectivity index (χ1n) is 7.60. The predicted octanol–water partition coefficient (Wildman–Crippen LogP) is 2.77. The summed E-state index contributed by atoms with van der Waals surface area (Å²) in [7, 11) is 0. The highest BCUT2D eigenvalue weighted by Gasteiger charge is 2.32. The number of aliphatic carboxylic acids is 1. The molecule has 1 rings (SSSR count). The number of nitrogens with zero attached hydrogens (tertiary/aromatic N) is 1. The Labute approximate surface area is 117 Å². The Hall–Kier alpha value is -0.610. The molecule has 112 valence electrons. The minimum atomic E-state index is -0.819. The Morgan fingerprint density at radius 1 is 1.32 bits per heavy atom. The lowest BCUT2D eigenvalue weighted by Gasteiger charge is -2.33. The van der Waals surface area contributed by atoms with Crippen molar-refractivity contribution in [1.82, 2.24) is 4.90 Å². The minimum Gasteiger partial charge on any atom is -0.479 e. The molecule has 1 aliphatic rings. The van der Waals surface area contributed by atoms with Crippen molar-refractivity contribution >= 4 is 5.97 Å². The molecule has 1 saturated heterocycles. The first kappa shape index (κ1) is 16.4. The molecule has 4 heteroatoms. The number of carboxylic acids is 1. The quantitative estimate of drug-likeness (QED) is 0.737. The predicted molar refractivity (Wildman–Crippen MR) is 76.3 cm³/mol. The average Bonchev–Trinajstić information content (AvgIpc) is 2.78. The molecule has 1 N–H and O–H groups in total. The van der Waals surface area contributed by atoms with Gasteiger partial charge in [-0.2, -0.15) is 0 Å². The topological polar surface area (TPSA) is 49.8 Å². The zero-order chi connectivity index (χ0) is 14.4. The largest absolute Gasteiger partial charge is 0.479 e. The summed E-state index contributed by atoms with van der Waals surface area (Å²) in [6.07, 6.45) is 3.29. The molecule has 1 fully saturated rings. The minimum absolute atomic E-state index is 0.0837. The molecule has 0 radical (unpaired) electrons. The van der Waals surface area contributed by atoms with Gasteiger partial charge in [0.15, 0.2) is 6.10 Å². The molecule has 0 bridgehead atoms.